The smallest absolute Gasteiger partial charge is 0.260 e. The highest BCUT2D eigenvalue weighted by Gasteiger charge is 2.22. The summed E-state index contributed by atoms with van der Waals surface area (Å²) in [7, 11) is 1.93. The molecule has 0 saturated carbocycles. The Morgan fingerprint density at radius 3 is 2.65 bits per heavy atom. The molecule has 20 heavy (non-hydrogen) atoms. The summed E-state index contributed by atoms with van der Waals surface area (Å²) < 4.78 is 18.5. The van der Waals surface area contributed by atoms with Crippen LogP contribution in [0, 0.1) is 5.82 Å². The van der Waals surface area contributed by atoms with Gasteiger partial charge in [0, 0.05) is 19.1 Å². The molecule has 1 saturated heterocycles. The molecule has 1 aromatic rings. The molecule has 1 aliphatic rings. The molecule has 0 aliphatic carbocycles. The predicted octanol–water partition coefficient (Wildman–Crippen LogP) is 1.84. The summed E-state index contributed by atoms with van der Waals surface area (Å²) in [6.07, 6.45) is 1.89. The number of nitrogens with one attached hydrogen (secondary N) is 1. The Balaban J connectivity index is 0.00000200. The Labute approximate surface area is 124 Å². The van der Waals surface area contributed by atoms with Crippen LogP contribution >= 0.6 is 12.4 Å². The molecular formula is C14H20ClFN2O2. The molecule has 1 heterocycles. The summed E-state index contributed by atoms with van der Waals surface area (Å²) in [4.78, 5) is 13.7. The van der Waals surface area contributed by atoms with Crippen LogP contribution in [0.3, 0.4) is 0 Å². The highest BCUT2D eigenvalue weighted by Crippen LogP contribution is 2.16. The van der Waals surface area contributed by atoms with Crippen LogP contribution < -0.4 is 10.1 Å². The maximum atomic E-state index is 13.3. The highest BCUT2D eigenvalue weighted by molar-refractivity contribution is 5.85. The summed E-state index contributed by atoms with van der Waals surface area (Å²) in [6, 6.07) is 6.60. The molecule has 0 unspecified atom stereocenters. The van der Waals surface area contributed by atoms with Crippen LogP contribution in [-0.2, 0) is 4.79 Å². The number of carbonyl (C=O) groups is 1. The van der Waals surface area contributed by atoms with E-state index in [9.17, 15) is 9.18 Å². The topological polar surface area (TPSA) is 41.6 Å². The van der Waals surface area contributed by atoms with E-state index in [1.54, 1.807) is 17.0 Å². The Kier molecular flexibility index (Phi) is 6.75. The van der Waals surface area contributed by atoms with E-state index in [2.05, 4.69) is 5.32 Å². The fourth-order valence-electron chi connectivity index (χ4n) is 2.21. The third-order valence-corrected chi connectivity index (χ3v) is 3.44. The van der Waals surface area contributed by atoms with Gasteiger partial charge in [0.2, 0.25) is 0 Å². The van der Waals surface area contributed by atoms with Gasteiger partial charge >= 0.3 is 0 Å². The predicted molar refractivity (Wildman–Crippen MR) is 77.8 cm³/mol. The van der Waals surface area contributed by atoms with E-state index in [0.29, 0.717) is 6.04 Å². The number of likely N-dealkylation sites (tertiary alicyclic amines) is 1. The average Bonchev–Trinajstić information content (AvgIpc) is 2.46. The first-order chi connectivity index (χ1) is 9.20. The van der Waals surface area contributed by atoms with E-state index in [-0.39, 0.29) is 30.7 Å². The van der Waals surface area contributed by atoms with E-state index in [4.69, 9.17) is 4.74 Å². The van der Waals surface area contributed by atoms with Crippen molar-refractivity contribution < 1.29 is 13.9 Å². The molecule has 1 aromatic carbocycles. The second kappa shape index (κ2) is 8.07. The zero-order chi connectivity index (χ0) is 13.7. The van der Waals surface area contributed by atoms with Gasteiger partial charge in [0.25, 0.3) is 5.91 Å². The second-order valence-corrected chi connectivity index (χ2v) is 4.66. The Bertz CT molecular complexity index is 437. The monoisotopic (exact) mass is 302 g/mol. The van der Waals surface area contributed by atoms with Crippen LogP contribution in [0.2, 0.25) is 0 Å². The third-order valence-electron chi connectivity index (χ3n) is 3.44. The molecule has 2 rings (SSSR count). The van der Waals surface area contributed by atoms with Crippen molar-refractivity contribution in [2.75, 3.05) is 26.7 Å². The summed E-state index contributed by atoms with van der Waals surface area (Å²) in [5.74, 6) is -0.400. The number of carbonyl (C=O) groups excluding carboxylic acids is 1. The minimum atomic E-state index is -0.441. The number of rotatable bonds is 4. The molecule has 0 atom stereocenters. The van der Waals surface area contributed by atoms with Gasteiger partial charge in [0.15, 0.2) is 18.2 Å². The number of hydrogen-bond donors (Lipinski definition) is 1. The van der Waals surface area contributed by atoms with E-state index in [0.717, 1.165) is 25.9 Å². The molecule has 1 fully saturated rings. The van der Waals surface area contributed by atoms with Crippen molar-refractivity contribution in [3.05, 3.63) is 30.1 Å². The van der Waals surface area contributed by atoms with E-state index >= 15 is 0 Å². The number of halogens is 2. The van der Waals surface area contributed by atoms with Gasteiger partial charge in [-0.05, 0) is 32.0 Å². The molecular weight excluding hydrogens is 283 g/mol. The fraction of sp³-hybridized carbons (Fsp3) is 0.500. The maximum Gasteiger partial charge on any atom is 0.260 e. The largest absolute Gasteiger partial charge is 0.481 e. The molecule has 112 valence electrons. The van der Waals surface area contributed by atoms with Crippen LogP contribution in [0.4, 0.5) is 4.39 Å². The van der Waals surface area contributed by atoms with Crippen molar-refractivity contribution in [2.45, 2.75) is 18.9 Å². The van der Waals surface area contributed by atoms with Crippen LogP contribution in [-0.4, -0.2) is 43.6 Å². The zero-order valence-electron chi connectivity index (χ0n) is 11.5. The number of benzene rings is 1. The van der Waals surface area contributed by atoms with E-state index < -0.39 is 5.82 Å². The molecule has 0 radical (unpaired) electrons. The van der Waals surface area contributed by atoms with Crippen molar-refractivity contribution in [1.29, 1.82) is 0 Å². The number of para-hydroxylation sites is 1. The quantitative estimate of drug-likeness (QED) is 0.923. The van der Waals surface area contributed by atoms with Gasteiger partial charge in [0.1, 0.15) is 0 Å². The first-order valence-corrected chi connectivity index (χ1v) is 6.53. The summed E-state index contributed by atoms with van der Waals surface area (Å²) in [6.45, 7) is 1.35. The highest BCUT2D eigenvalue weighted by atomic mass is 35.5. The number of hydrogen-bond acceptors (Lipinski definition) is 3. The first kappa shape index (κ1) is 16.7. The summed E-state index contributed by atoms with van der Waals surface area (Å²) in [5.41, 5.74) is 0. The second-order valence-electron chi connectivity index (χ2n) is 4.66. The normalized spacial score (nSPS) is 15.6. The van der Waals surface area contributed by atoms with Gasteiger partial charge in [-0.3, -0.25) is 4.79 Å². The van der Waals surface area contributed by atoms with Crippen LogP contribution in [0.5, 0.6) is 5.75 Å². The fourth-order valence-corrected chi connectivity index (χ4v) is 2.21. The lowest BCUT2D eigenvalue weighted by Crippen LogP contribution is -2.45. The summed E-state index contributed by atoms with van der Waals surface area (Å²) >= 11 is 0. The Morgan fingerprint density at radius 1 is 1.40 bits per heavy atom. The molecule has 1 aliphatic heterocycles. The molecule has 6 heteroatoms. The lowest BCUT2D eigenvalue weighted by Gasteiger charge is -2.31. The van der Waals surface area contributed by atoms with Crippen LogP contribution in [0.25, 0.3) is 0 Å². The van der Waals surface area contributed by atoms with Crippen molar-refractivity contribution >= 4 is 18.3 Å². The Hall–Kier alpha value is -1.33. The Morgan fingerprint density at radius 2 is 2.05 bits per heavy atom. The SMILES string of the molecule is CNC1CCN(C(=O)COc2ccccc2F)CC1.Cl. The van der Waals surface area contributed by atoms with Gasteiger partial charge < -0.3 is 15.0 Å². The zero-order valence-corrected chi connectivity index (χ0v) is 12.3. The average molecular weight is 303 g/mol. The minimum Gasteiger partial charge on any atom is -0.481 e. The molecule has 1 N–H and O–H groups in total. The summed E-state index contributed by atoms with van der Waals surface area (Å²) in [5, 5.41) is 3.21. The van der Waals surface area contributed by atoms with Gasteiger partial charge in [-0.15, -0.1) is 12.4 Å². The number of piperidine rings is 1. The molecule has 0 bridgehead atoms. The van der Waals surface area contributed by atoms with Gasteiger partial charge in [-0.1, -0.05) is 12.1 Å². The van der Waals surface area contributed by atoms with Crippen LogP contribution in [0.1, 0.15) is 12.8 Å². The lowest BCUT2D eigenvalue weighted by atomic mass is 10.1. The molecule has 1 amide bonds. The van der Waals surface area contributed by atoms with Crippen molar-refractivity contribution in [3.63, 3.8) is 0 Å². The van der Waals surface area contributed by atoms with Crippen molar-refractivity contribution in [2.24, 2.45) is 0 Å². The molecule has 4 nitrogen and oxygen atoms in total. The number of amides is 1. The lowest BCUT2D eigenvalue weighted by molar-refractivity contribution is -0.134. The molecule has 0 spiro atoms. The number of ether oxygens (including phenoxy) is 1. The minimum absolute atomic E-state index is 0. The van der Waals surface area contributed by atoms with Gasteiger partial charge in [-0.25, -0.2) is 4.39 Å². The van der Waals surface area contributed by atoms with Crippen molar-refractivity contribution in [3.8, 4) is 5.75 Å². The first-order valence-electron chi connectivity index (χ1n) is 6.53. The molecule has 0 aromatic heterocycles. The van der Waals surface area contributed by atoms with Crippen LogP contribution in [0.15, 0.2) is 24.3 Å². The van der Waals surface area contributed by atoms with Gasteiger partial charge in [0.05, 0.1) is 0 Å². The maximum absolute atomic E-state index is 13.3. The van der Waals surface area contributed by atoms with E-state index in [1.807, 2.05) is 7.05 Å². The van der Waals surface area contributed by atoms with Crippen molar-refractivity contribution in [1.82, 2.24) is 10.2 Å². The standard InChI is InChI=1S/C14H19FN2O2.ClH/c1-16-11-6-8-17(9-7-11)14(18)10-19-13-5-3-2-4-12(13)15;/h2-5,11,16H,6-10H2,1H3;1H. The number of nitrogens with zero attached hydrogens (tertiary/aromatic N) is 1. The third kappa shape index (κ3) is 4.35. The van der Waals surface area contributed by atoms with E-state index in [1.165, 1.54) is 12.1 Å². The van der Waals surface area contributed by atoms with Gasteiger partial charge in [-0.2, -0.15) is 0 Å².